The van der Waals surface area contributed by atoms with Crippen molar-refractivity contribution >= 4 is 5.82 Å². The number of hydrogen-bond acceptors (Lipinski definition) is 5. The van der Waals surface area contributed by atoms with E-state index in [0.29, 0.717) is 17.1 Å². The van der Waals surface area contributed by atoms with Crippen molar-refractivity contribution in [2.75, 3.05) is 12.4 Å². The van der Waals surface area contributed by atoms with Gasteiger partial charge in [0.15, 0.2) is 0 Å². The van der Waals surface area contributed by atoms with Crippen LogP contribution in [0.5, 0.6) is 11.5 Å². The molecule has 1 heterocycles. The molecule has 0 amide bonds. The summed E-state index contributed by atoms with van der Waals surface area (Å²) in [5.41, 5.74) is 1.09. The van der Waals surface area contributed by atoms with Crippen molar-refractivity contribution < 1.29 is 10.2 Å². The van der Waals surface area contributed by atoms with E-state index < -0.39 is 0 Å². The summed E-state index contributed by atoms with van der Waals surface area (Å²) in [4.78, 5) is 0. The monoisotopic (exact) mass is 217 g/mol. The third kappa shape index (κ3) is 1.88. The molecule has 2 aromatic rings. The third-order valence-electron chi connectivity index (χ3n) is 2.18. The average Bonchev–Trinajstić information content (AvgIpc) is 2.29. The van der Waals surface area contributed by atoms with Gasteiger partial charge < -0.3 is 15.5 Å². The van der Waals surface area contributed by atoms with Crippen molar-refractivity contribution in [1.82, 2.24) is 10.2 Å². The Kier molecular flexibility index (Phi) is 2.59. The highest BCUT2D eigenvalue weighted by Gasteiger charge is 2.06. The first-order valence-corrected chi connectivity index (χ1v) is 4.74. The highest BCUT2D eigenvalue weighted by atomic mass is 16.3. The number of nitrogens with one attached hydrogen (secondary N) is 1. The second-order valence-corrected chi connectivity index (χ2v) is 3.26. The lowest BCUT2D eigenvalue weighted by atomic mass is 10.1. The number of aromatic hydroxyl groups is 2. The number of rotatable bonds is 2. The molecule has 82 valence electrons. The number of aromatic nitrogens is 2. The van der Waals surface area contributed by atoms with Crippen LogP contribution in [-0.2, 0) is 0 Å². The molecule has 5 nitrogen and oxygen atoms in total. The molecule has 0 fully saturated rings. The number of phenols is 2. The van der Waals surface area contributed by atoms with E-state index in [1.807, 2.05) is 0 Å². The van der Waals surface area contributed by atoms with E-state index in [2.05, 4.69) is 15.5 Å². The third-order valence-corrected chi connectivity index (χ3v) is 2.18. The largest absolute Gasteiger partial charge is 0.508 e. The van der Waals surface area contributed by atoms with Crippen molar-refractivity contribution in [3.63, 3.8) is 0 Å². The number of benzene rings is 1. The Labute approximate surface area is 92.4 Å². The van der Waals surface area contributed by atoms with Crippen LogP contribution in [0.4, 0.5) is 5.82 Å². The van der Waals surface area contributed by atoms with Crippen LogP contribution in [0.25, 0.3) is 11.3 Å². The molecule has 0 saturated carbocycles. The lowest BCUT2D eigenvalue weighted by Gasteiger charge is -2.04. The smallest absolute Gasteiger partial charge is 0.148 e. The van der Waals surface area contributed by atoms with Crippen LogP contribution < -0.4 is 5.32 Å². The Balaban J connectivity index is 2.42. The van der Waals surface area contributed by atoms with Crippen LogP contribution in [0.15, 0.2) is 30.3 Å². The maximum absolute atomic E-state index is 9.63. The second kappa shape index (κ2) is 4.06. The van der Waals surface area contributed by atoms with Crippen molar-refractivity contribution in [2.45, 2.75) is 0 Å². The zero-order valence-electron chi connectivity index (χ0n) is 8.68. The minimum absolute atomic E-state index is 0.0149. The molecule has 0 aliphatic carbocycles. The summed E-state index contributed by atoms with van der Waals surface area (Å²) >= 11 is 0. The van der Waals surface area contributed by atoms with Gasteiger partial charge in [-0.15, -0.1) is 10.2 Å². The molecule has 0 bridgehead atoms. The summed E-state index contributed by atoms with van der Waals surface area (Å²) < 4.78 is 0. The summed E-state index contributed by atoms with van der Waals surface area (Å²) in [6.07, 6.45) is 0. The summed E-state index contributed by atoms with van der Waals surface area (Å²) in [6.45, 7) is 0. The van der Waals surface area contributed by atoms with E-state index in [4.69, 9.17) is 5.11 Å². The van der Waals surface area contributed by atoms with Crippen molar-refractivity contribution in [3.05, 3.63) is 30.3 Å². The molecule has 0 aliphatic heterocycles. The molecule has 0 saturated heterocycles. The molecule has 2 rings (SSSR count). The zero-order valence-corrected chi connectivity index (χ0v) is 8.68. The number of anilines is 1. The van der Waals surface area contributed by atoms with Gasteiger partial charge in [-0.25, -0.2) is 0 Å². The fourth-order valence-electron chi connectivity index (χ4n) is 1.35. The van der Waals surface area contributed by atoms with E-state index in [9.17, 15) is 5.11 Å². The first-order chi connectivity index (χ1) is 7.70. The highest BCUT2D eigenvalue weighted by Crippen LogP contribution is 2.30. The predicted molar refractivity (Wildman–Crippen MR) is 60.3 cm³/mol. The quantitative estimate of drug-likeness (QED) is 0.712. The Morgan fingerprint density at radius 2 is 1.88 bits per heavy atom. The summed E-state index contributed by atoms with van der Waals surface area (Å²) in [7, 11) is 1.75. The first kappa shape index (κ1) is 10.2. The van der Waals surface area contributed by atoms with E-state index in [1.165, 1.54) is 12.1 Å². The fourth-order valence-corrected chi connectivity index (χ4v) is 1.35. The molecular weight excluding hydrogens is 206 g/mol. The fraction of sp³-hybridized carbons (Fsp3) is 0.0909. The molecule has 0 aliphatic rings. The van der Waals surface area contributed by atoms with E-state index >= 15 is 0 Å². The van der Waals surface area contributed by atoms with Crippen LogP contribution in [0.3, 0.4) is 0 Å². The van der Waals surface area contributed by atoms with Crippen molar-refractivity contribution in [1.29, 1.82) is 0 Å². The van der Waals surface area contributed by atoms with Gasteiger partial charge in [0.25, 0.3) is 0 Å². The molecule has 1 aromatic heterocycles. The van der Waals surface area contributed by atoms with Crippen molar-refractivity contribution in [3.8, 4) is 22.8 Å². The van der Waals surface area contributed by atoms with Gasteiger partial charge in [0.1, 0.15) is 17.3 Å². The normalized spacial score (nSPS) is 10.1. The van der Waals surface area contributed by atoms with E-state index in [1.54, 1.807) is 25.2 Å². The maximum Gasteiger partial charge on any atom is 0.148 e. The van der Waals surface area contributed by atoms with Crippen LogP contribution in [0.2, 0.25) is 0 Å². The molecule has 3 N–H and O–H groups in total. The van der Waals surface area contributed by atoms with E-state index in [0.717, 1.165) is 0 Å². The SMILES string of the molecule is CNc1ccc(-c2ccc(O)cc2O)nn1. The van der Waals surface area contributed by atoms with Gasteiger partial charge in [0.05, 0.1) is 5.69 Å². The van der Waals surface area contributed by atoms with E-state index in [-0.39, 0.29) is 11.5 Å². The number of nitrogens with zero attached hydrogens (tertiary/aromatic N) is 2. The Bertz CT molecular complexity index is 497. The van der Waals surface area contributed by atoms with Crippen LogP contribution in [-0.4, -0.2) is 27.5 Å². The molecular formula is C11H11N3O2. The van der Waals surface area contributed by atoms with Crippen LogP contribution in [0.1, 0.15) is 0 Å². The number of phenolic OH excluding ortho intramolecular Hbond substituents is 2. The van der Waals surface area contributed by atoms with Crippen LogP contribution in [0, 0.1) is 0 Å². The minimum atomic E-state index is -0.0218. The summed E-state index contributed by atoms with van der Waals surface area (Å²) in [5, 5.41) is 29.5. The van der Waals surface area contributed by atoms with Gasteiger partial charge in [-0.05, 0) is 24.3 Å². The molecule has 1 aromatic carbocycles. The summed E-state index contributed by atoms with van der Waals surface area (Å²) in [5.74, 6) is 0.648. The van der Waals surface area contributed by atoms with Gasteiger partial charge in [-0.2, -0.15) is 0 Å². The topological polar surface area (TPSA) is 78.3 Å². The molecule has 0 spiro atoms. The van der Waals surface area contributed by atoms with Crippen molar-refractivity contribution in [2.24, 2.45) is 0 Å². The lowest BCUT2D eigenvalue weighted by molar-refractivity contribution is 0.451. The van der Waals surface area contributed by atoms with Crippen LogP contribution >= 0.6 is 0 Å². The van der Waals surface area contributed by atoms with Gasteiger partial charge in [-0.1, -0.05) is 0 Å². The second-order valence-electron chi connectivity index (χ2n) is 3.26. The average molecular weight is 217 g/mol. The van der Waals surface area contributed by atoms with Gasteiger partial charge >= 0.3 is 0 Å². The Morgan fingerprint density at radius 3 is 2.44 bits per heavy atom. The van der Waals surface area contributed by atoms with Gasteiger partial charge in [0.2, 0.25) is 0 Å². The summed E-state index contributed by atoms with van der Waals surface area (Å²) in [6, 6.07) is 7.85. The van der Waals surface area contributed by atoms with Gasteiger partial charge in [0, 0.05) is 18.7 Å². The first-order valence-electron chi connectivity index (χ1n) is 4.74. The zero-order chi connectivity index (χ0) is 11.5. The molecule has 0 radical (unpaired) electrons. The number of hydrogen-bond donors (Lipinski definition) is 3. The molecule has 0 unspecified atom stereocenters. The molecule has 0 atom stereocenters. The molecule has 16 heavy (non-hydrogen) atoms. The minimum Gasteiger partial charge on any atom is -0.508 e. The lowest BCUT2D eigenvalue weighted by Crippen LogP contribution is -1.95. The highest BCUT2D eigenvalue weighted by molar-refractivity contribution is 5.68. The predicted octanol–water partition coefficient (Wildman–Crippen LogP) is 1.60. The maximum atomic E-state index is 9.63. The Morgan fingerprint density at radius 1 is 1.06 bits per heavy atom. The Hall–Kier alpha value is -2.30. The molecule has 5 heteroatoms. The standard InChI is InChI=1S/C11H11N3O2/c1-12-11-5-4-9(13-14-11)8-3-2-7(15)6-10(8)16/h2-6,15-16H,1H3,(H,12,14). The van der Waals surface area contributed by atoms with Gasteiger partial charge in [-0.3, -0.25) is 0 Å².